The summed E-state index contributed by atoms with van der Waals surface area (Å²) in [5.41, 5.74) is 0. The number of carbonyl (C=O) groups excluding carboxylic acids is 1. The Hall–Kier alpha value is -0.860. The number of hydrogen-bond acceptors (Lipinski definition) is 2. The Morgan fingerprint density at radius 2 is 2.00 bits per heavy atom. The summed E-state index contributed by atoms with van der Waals surface area (Å²) in [5, 5.41) is 7.35. The molecule has 0 aliphatic rings. The van der Waals surface area contributed by atoms with E-state index in [0.717, 1.165) is 0 Å². The van der Waals surface area contributed by atoms with E-state index >= 15 is 0 Å². The zero-order valence-corrected chi connectivity index (χ0v) is 2.34. The van der Waals surface area contributed by atoms with E-state index < -0.39 is 5.97 Å². The molecule has 0 atom stereocenters. The number of aliphatic carboxylic acids is 1. The largest absolute Gasteiger partial charge is 0.476 e. The molecule has 28 valence electrons. The smallest absolute Gasteiger partial charge is 0.368 e. The first-order chi connectivity index (χ1) is 2.27. The van der Waals surface area contributed by atoms with Gasteiger partial charge in [-0.2, -0.15) is 0 Å². The van der Waals surface area contributed by atoms with Crippen molar-refractivity contribution in [2.75, 3.05) is 0 Å². The summed E-state index contributed by atoms with van der Waals surface area (Å²) >= 11 is 0. The zero-order chi connectivity index (χ0) is 4.28. The standard InChI is InChI=1S/C2H2O3/c3-1-2(4)5/h1H,(H,4,5)/i1+1. The van der Waals surface area contributed by atoms with Crippen molar-refractivity contribution in [1.29, 1.82) is 0 Å². The number of carbonyl (C=O) groups is 2. The second kappa shape index (κ2) is 1.46. The molecule has 0 heterocycles. The molecule has 0 aromatic carbocycles. The summed E-state index contributed by atoms with van der Waals surface area (Å²) in [4.78, 5) is 17.9. The van der Waals surface area contributed by atoms with Gasteiger partial charge in [-0.25, -0.2) is 4.79 Å². The number of carboxylic acid groups (broad SMARTS) is 1. The Bertz CT molecular complexity index is 55.9. The minimum absolute atomic E-state index is 0.167. The van der Waals surface area contributed by atoms with Crippen molar-refractivity contribution in [2.24, 2.45) is 0 Å². The van der Waals surface area contributed by atoms with Crippen LogP contribution in [0.25, 0.3) is 0 Å². The first-order valence-electron chi connectivity index (χ1n) is 0.952. The summed E-state index contributed by atoms with van der Waals surface area (Å²) in [7, 11) is 0. The van der Waals surface area contributed by atoms with Gasteiger partial charge in [-0.05, 0) is 0 Å². The predicted octanol–water partition coefficient (Wildman–Crippen LogP) is -0.730. The molecule has 0 unspecified atom stereocenters. The molecule has 0 saturated heterocycles. The molecule has 3 nitrogen and oxygen atoms in total. The van der Waals surface area contributed by atoms with Gasteiger partial charge >= 0.3 is 5.97 Å². The topological polar surface area (TPSA) is 54.4 Å². The number of carboxylic acids is 1. The van der Waals surface area contributed by atoms with Crippen LogP contribution < -0.4 is 0 Å². The molecule has 0 aromatic rings. The molecule has 0 aromatic heterocycles. The zero-order valence-electron chi connectivity index (χ0n) is 2.34. The lowest BCUT2D eigenvalue weighted by Crippen LogP contribution is -1.91. The van der Waals surface area contributed by atoms with Gasteiger partial charge in [-0.3, -0.25) is 4.79 Å². The van der Waals surface area contributed by atoms with Crippen molar-refractivity contribution in [1.82, 2.24) is 0 Å². The van der Waals surface area contributed by atoms with E-state index in [9.17, 15) is 0 Å². The van der Waals surface area contributed by atoms with Gasteiger partial charge in [-0.15, -0.1) is 0 Å². The SMILES string of the molecule is O=[13CH]C(=O)O. The molecule has 0 fully saturated rings. The third kappa shape index (κ3) is 3.14. The monoisotopic (exact) mass is 75.0 g/mol. The fraction of sp³-hybridized carbons (Fsp3) is 0. The highest BCUT2D eigenvalue weighted by Crippen LogP contribution is 1.39. The second-order valence-electron chi connectivity index (χ2n) is 0.456. The van der Waals surface area contributed by atoms with Crippen molar-refractivity contribution in [3.05, 3.63) is 0 Å². The van der Waals surface area contributed by atoms with Crippen LogP contribution in [0.4, 0.5) is 0 Å². The summed E-state index contributed by atoms with van der Waals surface area (Å²) < 4.78 is 0. The average Bonchev–Trinajstić information content (AvgIpc) is 1.38. The second-order valence-corrected chi connectivity index (χ2v) is 0.456. The van der Waals surface area contributed by atoms with Crippen LogP contribution in [0.1, 0.15) is 0 Å². The predicted molar refractivity (Wildman–Crippen MR) is 13.7 cm³/mol. The van der Waals surface area contributed by atoms with Crippen LogP contribution in [0.2, 0.25) is 0 Å². The summed E-state index contributed by atoms with van der Waals surface area (Å²) in [6, 6.07) is 0. The third-order valence-electron chi connectivity index (χ3n) is 0.101. The first-order valence-corrected chi connectivity index (χ1v) is 0.952. The van der Waals surface area contributed by atoms with Gasteiger partial charge in [0.2, 0.25) is 6.29 Å². The molecule has 5 heavy (non-hydrogen) atoms. The molecule has 0 aliphatic heterocycles. The van der Waals surface area contributed by atoms with E-state index in [1.54, 1.807) is 0 Å². The van der Waals surface area contributed by atoms with Gasteiger partial charge in [-0.1, -0.05) is 0 Å². The Kier molecular flexibility index (Phi) is 1.21. The normalized spacial score (nSPS) is 6.40. The number of rotatable bonds is 1. The molecule has 1 N–H and O–H groups in total. The highest BCUT2D eigenvalue weighted by molar-refractivity contribution is 6.19. The van der Waals surface area contributed by atoms with Crippen LogP contribution in [0, 0.1) is 0 Å². The number of hydrogen-bond donors (Lipinski definition) is 1. The Balaban J connectivity index is 3.20. The first kappa shape index (κ1) is 4.14. The summed E-state index contributed by atoms with van der Waals surface area (Å²) in [6.07, 6.45) is -0.167. The van der Waals surface area contributed by atoms with Gasteiger partial charge < -0.3 is 5.11 Å². The van der Waals surface area contributed by atoms with Crippen LogP contribution in [0.5, 0.6) is 0 Å². The maximum atomic E-state index is 9.00. The van der Waals surface area contributed by atoms with Crippen LogP contribution >= 0.6 is 0 Å². The van der Waals surface area contributed by atoms with Crippen LogP contribution in [0.15, 0.2) is 0 Å². The van der Waals surface area contributed by atoms with Crippen LogP contribution in [-0.2, 0) is 9.59 Å². The Labute approximate surface area is 28.2 Å². The molecule has 0 spiro atoms. The quantitative estimate of drug-likeness (QED) is 0.254. The summed E-state index contributed by atoms with van der Waals surface area (Å²) in [5.74, 6) is -1.43. The lowest BCUT2D eigenvalue weighted by molar-refractivity contribution is -0.143. The third-order valence-corrected chi connectivity index (χ3v) is 0.101. The van der Waals surface area contributed by atoms with Crippen LogP contribution in [0.3, 0.4) is 0 Å². The molecular formula is C2H2O3. The molecule has 0 aliphatic carbocycles. The van der Waals surface area contributed by atoms with Gasteiger partial charge in [0.25, 0.3) is 0 Å². The highest BCUT2D eigenvalue weighted by Gasteiger charge is 1.80. The molecule has 0 amide bonds. The van der Waals surface area contributed by atoms with Crippen molar-refractivity contribution in [2.45, 2.75) is 0 Å². The van der Waals surface area contributed by atoms with E-state index in [2.05, 4.69) is 0 Å². The Morgan fingerprint density at radius 3 is 2.00 bits per heavy atom. The molecular weight excluding hydrogens is 73.0 g/mol. The highest BCUT2D eigenvalue weighted by atomic mass is 16.4. The lowest BCUT2D eigenvalue weighted by atomic mass is 11.1. The minimum atomic E-state index is -1.43. The molecule has 0 bridgehead atoms. The maximum Gasteiger partial charge on any atom is 0.368 e. The molecule has 0 rings (SSSR count). The minimum Gasteiger partial charge on any atom is -0.476 e. The van der Waals surface area contributed by atoms with Gasteiger partial charge in [0.15, 0.2) is 0 Å². The van der Waals surface area contributed by atoms with E-state index in [1.807, 2.05) is 0 Å². The van der Waals surface area contributed by atoms with Crippen molar-refractivity contribution < 1.29 is 14.7 Å². The van der Waals surface area contributed by atoms with Crippen molar-refractivity contribution >= 4 is 12.3 Å². The van der Waals surface area contributed by atoms with Crippen molar-refractivity contribution in [3.8, 4) is 0 Å². The van der Waals surface area contributed by atoms with Crippen molar-refractivity contribution in [3.63, 3.8) is 0 Å². The fourth-order valence-electron chi connectivity index (χ4n) is 0. The Morgan fingerprint density at radius 1 is 1.80 bits per heavy atom. The van der Waals surface area contributed by atoms with Gasteiger partial charge in [0.05, 0.1) is 0 Å². The maximum absolute atomic E-state index is 9.00. The molecule has 0 saturated carbocycles. The molecule has 0 radical (unpaired) electrons. The molecule has 3 heteroatoms. The van der Waals surface area contributed by atoms with E-state index in [1.165, 1.54) is 0 Å². The van der Waals surface area contributed by atoms with E-state index in [4.69, 9.17) is 14.7 Å². The van der Waals surface area contributed by atoms with Gasteiger partial charge in [0, 0.05) is 0 Å². The van der Waals surface area contributed by atoms with Gasteiger partial charge in [0.1, 0.15) is 0 Å². The average molecular weight is 75.0 g/mol. The van der Waals surface area contributed by atoms with E-state index in [-0.39, 0.29) is 6.29 Å². The fourth-order valence-corrected chi connectivity index (χ4v) is 0. The van der Waals surface area contributed by atoms with Crippen LogP contribution in [-0.4, -0.2) is 17.4 Å². The number of aldehydes is 1. The summed E-state index contributed by atoms with van der Waals surface area (Å²) in [6.45, 7) is 0. The van der Waals surface area contributed by atoms with E-state index in [0.29, 0.717) is 0 Å². The lowest BCUT2D eigenvalue weighted by Gasteiger charge is -1.59.